The highest BCUT2D eigenvalue weighted by molar-refractivity contribution is 8.04. The second-order valence-electron chi connectivity index (χ2n) is 7.25. The Hall–Kier alpha value is -1.87. The molecule has 0 radical (unpaired) electrons. The molecule has 0 atom stereocenters. The van der Waals surface area contributed by atoms with Gasteiger partial charge in [0.05, 0.1) is 23.0 Å². The number of hydrogen-bond donors (Lipinski definition) is 1. The van der Waals surface area contributed by atoms with Gasteiger partial charge in [0.15, 0.2) is 0 Å². The quantitative estimate of drug-likeness (QED) is 0.348. The first-order chi connectivity index (χ1) is 15.8. The summed E-state index contributed by atoms with van der Waals surface area (Å²) in [6, 6.07) is 10.00. The number of carbonyl (C=O) groups excluding carboxylic acids is 1. The molecule has 1 N–H and O–H groups in total. The van der Waals surface area contributed by atoms with Gasteiger partial charge in [-0.3, -0.25) is 4.79 Å². The van der Waals surface area contributed by atoms with Crippen LogP contribution in [0.25, 0.3) is 16.3 Å². The topological polar surface area (TPSA) is 128 Å². The summed E-state index contributed by atoms with van der Waals surface area (Å²) in [7, 11) is -8.41. The molecule has 1 amide bonds. The number of nitrogens with zero attached hydrogens (tertiary/aromatic N) is 2. The molecular weight excluding hydrogens is 565 g/mol. The maximum Gasteiger partial charge on any atom is 0.299 e. The molecule has 4 rings (SSSR count). The molecule has 0 saturated heterocycles. The summed E-state index contributed by atoms with van der Waals surface area (Å²) in [4.78, 5) is 14.4. The lowest BCUT2D eigenvalue weighted by Crippen LogP contribution is -2.45. The highest BCUT2D eigenvalue weighted by Gasteiger charge is 2.30. The molecule has 2 aromatic carbocycles. The van der Waals surface area contributed by atoms with Crippen molar-refractivity contribution < 1.29 is 30.7 Å². The average molecular weight is 581 g/mol. The molecule has 0 fully saturated rings. The molecule has 180 valence electrons. The number of thioether (sulfide) groups is 1. The van der Waals surface area contributed by atoms with Crippen LogP contribution in [0.2, 0.25) is 10.0 Å². The molecule has 3 aromatic rings. The Morgan fingerprint density at radius 1 is 1.15 bits per heavy atom. The van der Waals surface area contributed by atoms with Gasteiger partial charge in [-0.25, -0.2) is 21.6 Å². The fourth-order valence-electron chi connectivity index (χ4n) is 3.31. The van der Waals surface area contributed by atoms with E-state index in [1.54, 1.807) is 47.0 Å². The van der Waals surface area contributed by atoms with Crippen LogP contribution in [0.15, 0.2) is 46.3 Å². The first kappa shape index (κ1) is 25.2. The van der Waals surface area contributed by atoms with Crippen LogP contribution in [0.1, 0.15) is 5.01 Å². The minimum atomic E-state index is -4.64. The number of nitrogens with one attached hydrogen (secondary N) is 1. The number of hydrogen-bond acceptors (Lipinski definition) is 9. The van der Waals surface area contributed by atoms with Gasteiger partial charge in [0.2, 0.25) is 22.1 Å². The number of rotatable bonds is 6. The molecular formula is C19H15Cl2N3O6S4. The number of aromatic nitrogens is 1. The minimum Gasteiger partial charge on any atom is -0.747 e. The lowest BCUT2D eigenvalue weighted by Gasteiger charge is -2.21. The van der Waals surface area contributed by atoms with Crippen molar-refractivity contribution >= 4 is 94.3 Å². The van der Waals surface area contributed by atoms with Crippen LogP contribution in [0.5, 0.6) is 0 Å². The van der Waals surface area contributed by atoms with Crippen LogP contribution < -0.4 is 14.2 Å². The molecule has 0 spiro atoms. The zero-order valence-corrected chi connectivity index (χ0v) is 22.0. The van der Waals surface area contributed by atoms with Gasteiger partial charge in [-0.15, -0.1) is 0 Å². The van der Waals surface area contributed by atoms with Crippen molar-refractivity contribution in [1.82, 2.24) is 4.72 Å². The van der Waals surface area contributed by atoms with Gasteiger partial charge < -0.3 is 9.45 Å². The third-order valence-corrected chi connectivity index (χ3v) is 8.39. The van der Waals surface area contributed by atoms with Gasteiger partial charge in [-0.2, -0.15) is 4.57 Å². The average Bonchev–Trinajstić information content (AvgIpc) is 3.17. The summed E-state index contributed by atoms with van der Waals surface area (Å²) in [5, 5.41) is 1.72. The molecule has 9 nitrogen and oxygen atoms in total. The third-order valence-electron chi connectivity index (χ3n) is 4.52. The molecule has 1 aromatic heterocycles. The predicted octanol–water partition coefficient (Wildman–Crippen LogP) is 2.98. The maximum atomic E-state index is 12.4. The van der Waals surface area contributed by atoms with Crippen molar-refractivity contribution in [3.8, 4) is 0 Å². The second-order valence-corrected chi connectivity index (χ2v) is 13.4. The Balaban J connectivity index is 1.84. The monoisotopic (exact) mass is 579 g/mol. The normalized spacial score (nSPS) is 15.2. The van der Waals surface area contributed by atoms with Gasteiger partial charge >= 0.3 is 0 Å². The smallest absolute Gasteiger partial charge is 0.299 e. The van der Waals surface area contributed by atoms with E-state index in [2.05, 4.69) is 0 Å². The lowest BCUT2D eigenvalue weighted by molar-refractivity contribution is -0.655. The fraction of sp³-hybridized carbons (Fsp3) is 0.158. The number of sulfonamides is 1. The van der Waals surface area contributed by atoms with Gasteiger partial charge in [0.25, 0.3) is 10.9 Å². The van der Waals surface area contributed by atoms with Crippen molar-refractivity contribution in [2.24, 2.45) is 0 Å². The van der Waals surface area contributed by atoms with Crippen LogP contribution in [0, 0.1) is 0 Å². The Kier molecular flexibility index (Phi) is 6.90. The fourth-order valence-corrected chi connectivity index (χ4v) is 7.02. The molecule has 34 heavy (non-hydrogen) atoms. The molecule has 0 bridgehead atoms. The van der Waals surface area contributed by atoms with Gasteiger partial charge in [-0.05, 0) is 30.3 Å². The SMILES string of the molecule is CS(=O)(=O)NC(=O)C[n+]1c(C=C2Sc3ccc(Cl)cc3N2CS(=O)(=O)[O-])sc2ccc(Cl)cc21. The summed E-state index contributed by atoms with van der Waals surface area (Å²) >= 11 is 14.7. The van der Waals surface area contributed by atoms with Crippen LogP contribution in [0.4, 0.5) is 5.69 Å². The number of anilines is 1. The minimum absolute atomic E-state index is 0.337. The van der Waals surface area contributed by atoms with E-state index in [1.807, 2.05) is 4.72 Å². The Morgan fingerprint density at radius 2 is 1.82 bits per heavy atom. The van der Waals surface area contributed by atoms with E-state index in [-0.39, 0.29) is 6.54 Å². The Morgan fingerprint density at radius 3 is 2.50 bits per heavy atom. The van der Waals surface area contributed by atoms with Crippen LogP contribution in [0.3, 0.4) is 0 Å². The third kappa shape index (κ3) is 5.85. The van der Waals surface area contributed by atoms with Crippen molar-refractivity contribution in [1.29, 1.82) is 0 Å². The lowest BCUT2D eigenvalue weighted by atomic mass is 10.3. The number of fused-ring (bicyclic) bond motifs is 2. The Labute approximate surface area is 213 Å². The van der Waals surface area contributed by atoms with Crippen molar-refractivity contribution in [2.75, 3.05) is 17.0 Å². The predicted molar refractivity (Wildman–Crippen MR) is 132 cm³/mol. The zero-order valence-electron chi connectivity index (χ0n) is 17.2. The van der Waals surface area contributed by atoms with E-state index in [0.29, 0.717) is 36.2 Å². The van der Waals surface area contributed by atoms with E-state index in [1.165, 1.54) is 28.0 Å². The Bertz CT molecular complexity index is 1570. The van der Waals surface area contributed by atoms with Gasteiger partial charge in [-0.1, -0.05) is 46.3 Å². The molecule has 15 heteroatoms. The first-order valence-electron chi connectivity index (χ1n) is 9.32. The van der Waals surface area contributed by atoms with Crippen LogP contribution in [-0.2, 0) is 31.5 Å². The number of carbonyl (C=O) groups is 1. The van der Waals surface area contributed by atoms with Crippen molar-refractivity contribution in [3.05, 3.63) is 56.5 Å². The van der Waals surface area contributed by atoms with E-state index in [9.17, 15) is 26.2 Å². The van der Waals surface area contributed by atoms with Crippen LogP contribution in [-0.4, -0.2) is 39.4 Å². The molecule has 0 saturated carbocycles. The molecule has 1 aliphatic heterocycles. The number of thiazole rings is 1. The summed E-state index contributed by atoms with van der Waals surface area (Å²) < 4.78 is 62.1. The highest BCUT2D eigenvalue weighted by atomic mass is 35.5. The standard InChI is InChI=1S/C19H15Cl2N3O6S4/c1-33(26,27)22-17(25)9-23-13-6-11(20)2-4-15(13)31-18(23)8-19-24(10-34(28,29)30)14-7-12(21)3-5-16(14)32-19/h2-8H,9-10H2,1H3,(H-,22,25,28,29,30). The molecule has 0 unspecified atom stereocenters. The van der Waals surface area contributed by atoms with Gasteiger partial charge in [0.1, 0.15) is 20.7 Å². The molecule has 2 heterocycles. The summed E-state index contributed by atoms with van der Waals surface area (Å²) in [6.45, 7) is -0.337. The van der Waals surface area contributed by atoms with Gasteiger partial charge in [0, 0.05) is 21.0 Å². The van der Waals surface area contributed by atoms with E-state index in [4.69, 9.17) is 23.2 Å². The van der Waals surface area contributed by atoms with Crippen LogP contribution >= 0.6 is 46.3 Å². The van der Waals surface area contributed by atoms with E-state index >= 15 is 0 Å². The number of benzene rings is 2. The van der Waals surface area contributed by atoms with E-state index < -0.39 is 31.9 Å². The zero-order chi connectivity index (χ0) is 24.8. The number of halogens is 2. The largest absolute Gasteiger partial charge is 0.747 e. The highest BCUT2D eigenvalue weighted by Crippen LogP contribution is 2.48. The summed E-state index contributed by atoms with van der Waals surface area (Å²) in [6.07, 6.45) is 2.51. The van der Waals surface area contributed by atoms with Crippen molar-refractivity contribution in [2.45, 2.75) is 11.4 Å². The molecule has 1 aliphatic rings. The van der Waals surface area contributed by atoms with E-state index in [0.717, 1.165) is 11.0 Å². The summed E-state index contributed by atoms with van der Waals surface area (Å²) in [5.74, 6) is -1.58. The second kappa shape index (κ2) is 9.30. The molecule has 0 aliphatic carbocycles. The maximum absolute atomic E-state index is 12.4. The van der Waals surface area contributed by atoms with Crippen molar-refractivity contribution in [3.63, 3.8) is 0 Å². The first-order valence-corrected chi connectivity index (χ1v) is 15.2. The number of amides is 1. The summed E-state index contributed by atoms with van der Waals surface area (Å²) in [5.41, 5.74) is 1.05.